The van der Waals surface area contributed by atoms with E-state index >= 15 is 0 Å². The van der Waals surface area contributed by atoms with E-state index in [9.17, 15) is 4.79 Å². The van der Waals surface area contributed by atoms with Gasteiger partial charge in [-0.1, -0.05) is 42.5 Å². The van der Waals surface area contributed by atoms with E-state index < -0.39 is 0 Å². The van der Waals surface area contributed by atoms with Crippen molar-refractivity contribution in [3.63, 3.8) is 0 Å². The van der Waals surface area contributed by atoms with Gasteiger partial charge in [-0.15, -0.1) is 0 Å². The zero-order valence-electron chi connectivity index (χ0n) is 14.3. The lowest BCUT2D eigenvalue weighted by Crippen LogP contribution is -2.33. The van der Waals surface area contributed by atoms with E-state index in [0.717, 1.165) is 35.6 Å². The predicted molar refractivity (Wildman–Crippen MR) is 99.2 cm³/mol. The molecule has 2 aromatic rings. The van der Waals surface area contributed by atoms with Gasteiger partial charge in [0, 0.05) is 6.54 Å². The summed E-state index contributed by atoms with van der Waals surface area (Å²) in [7, 11) is 4.10. The highest BCUT2D eigenvalue weighted by Gasteiger charge is 2.24. The molecule has 1 amide bonds. The summed E-state index contributed by atoms with van der Waals surface area (Å²) in [5, 5.41) is 0. The first kappa shape index (κ1) is 16.4. The van der Waals surface area contributed by atoms with Crippen molar-refractivity contribution >= 4 is 23.0 Å². The normalized spacial score (nSPS) is 14.4. The molecular formula is C20H23N3O. The molecule has 0 aliphatic carbocycles. The highest BCUT2D eigenvalue weighted by molar-refractivity contribution is 6.17. The summed E-state index contributed by atoms with van der Waals surface area (Å²) in [4.78, 5) is 21.7. The molecule has 0 spiro atoms. The SMILES string of the molecule is CN(C)CCCN1C(=O)CC(c2ccccc2)=Nc2ccccc21. The van der Waals surface area contributed by atoms with Crippen LogP contribution in [0.1, 0.15) is 18.4 Å². The van der Waals surface area contributed by atoms with Crippen LogP contribution in [0, 0.1) is 0 Å². The quantitative estimate of drug-likeness (QED) is 0.845. The van der Waals surface area contributed by atoms with Crippen molar-refractivity contribution in [2.24, 2.45) is 4.99 Å². The van der Waals surface area contributed by atoms with Crippen LogP contribution in [-0.2, 0) is 4.79 Å². The molecule has 1 heterocycles. The minimum atomic E-state index is 0.112. The number of amides is 1. The summed E-state index contributed by atoms with van der Waals surface area (Å²) in [6.07, 6.45) is 1.27. The van der Waals surface area contributed by atoms with Crippen LogP contribution in [0.3, 0.4) is 0 Å². The molecule has 1 aliphatic heterocycles. The maximum Gasteiger partial charge on any atom is 0.233 e. The van der Waals surface area contributed by atoms with Crippen molar-refractivity contribution in [3.05, 3.63) is 60.2 Å². The zero-order valence-corrected chi connectivity index (χ0v) is 14.3. The molecule has 1 aliphatic rings. The topological polar surface area (TPSA) is 35.9 Å². The van der Waals surface area contributed by atoms with Crippen LogP contribution < -0.4 is 4.90 Å². The van der Waals surface area contributed by atoms with Gasteiger partial charge in [0.2, 0.25) is 5.91 Å². The standard InChI is InChI=1S/C20H23N3O/c1-22(2)13-8-14-23-19-12-7-6-11-17(19)21-18(15-20(23)24)16-9-4-3-5-10-16/h3-7,9-12H,8,13-15H2,1-2H3. The maximum absolute atomic E-state index is 12.9. The lowest BCUT2D eigenvalue weighted by Gasteiger charge is -2.23. The fraction of sp³-hybridized carbons (Fsp3) is 0.300. The second-order valence-electron chi connectivity index (χ2n) is 6.29. The largest absolute Gasteiger partial charge is 0.310 e. The minimum absolute atomic E-state index is 0.112. The van der Waals surface area contributed by atoms with Crippen molar-refractivity contribution in [1.29, 1.82) is 0 Å². The van der Waals surface area contributed by atoms with Gasteiger partial charge < -0.3 is 9.80 Å². The molecule has 24 heavy (non-hydrogen) atoms. The highest BCUT2D eigenvalue weighted by atomic mass is 16.2. The molecule has 2 aromatic carbocycles. The van der Waals surface area contributed by atoms with Crippen LogP contribution in [0.5, 0.6) is 0 Å². The molecule has 0 unspecified atom stereocenters. The summed E-state index contributed by atoms with van der Waals surface area (Å²) in [5.41, 5.74) is 3.62. The molecule has 4 nitrogen and oxygen atoms in total. The predicted octanol–water partition coefficient (Wildman–Crippen LogP) is 3.50. The van der Waals surface area contributed by atoms with Crippen LogP contribution in [0.25, 0.3) is 0 Å². The maximum atomic E-state index is 12.9. The van der Waals surface area contributed by atoms with Crippen LogP contribution in [0.2, 0.25) is 0 Å². The second-order valence-corrected chi connectivity index (χ2v) is 6.29. The second kappa shape index (κ2) is 7.41. The molecule has 0 atom stereocenters. The highest BCUT2D eigenvalue weighted by Crippen LogP contribution is 2.32. The van der Waals surface area contributed by atoms with Crippen LogP contribution >= 0.6 is 0 Å². The van der Waals surface area contributed by atoms with Gasteiger partial charge in [-0.2, -0.15) is 0 Å². The fourth-order valence-corrected chi connectivity index (χ4v) is 2.93. The molecule has 0 fully saturated rings. The molecule has 0 saturated heterocycles. The fourth-order valence-electron chi connectivity index (χ4n) is 2.93. The number of anilines is 1. The lowest BCUT2D eigenvalue weighted by molar-refractivity contribution is -0.117. The Balaban J connectivity index is 1.92. The Morgan fingerprint density at radius 2 is 1.75 bits per heavy atom. The van der Waals surface area contributed by atoms with E-state index in [4.69, 9.17) is 4.99 Å². The number of nitrogens with zero attached hydrogens (tertiary/aromatic N) is 3. The van der Waals surface area contributed by atoms with Gasteiger partial charge >= 0.3 is 0 Å². The van der Waals surface area contributed by atoms with Crippen molar-refractivity contribution in [2.75, 3.05) is 32.1 Å². The summed E-state index contributed by atoms with van der Waals surface area (Å²) >= 11 is 0. The Kier molecular flexibility index (Phi) is 5.06. The molecule has 124 valence electrons. The third kappa shape index (κ3) is 3.71. The van der Waals surface area contributed by atoms with E-state index in [-0.39, 0.29) is 5.91 Å². The van der Waals surface area contributed by atoms with E-state index in [1.807, 2.05) is 59.5 Å². The average Bonchev–Trinajstić information content (AvgIpc) is 2.72. The summed E-state index contributed by atoms with van der Waals surface area (Å²) in [5.74, 6) is 0.112. The van der Waals surface area contributed by atoms with E-state index in [1.54, 1.807) is 0 Å². The number of hydrogen-bond donors (Lipinski definition) is 0. The zero-order chi connectivity index (χ0) is 16.9. The Morgan fingerprint density at radius 1 is 1.04 bits per heavy atom. The number of rotatable bonds is 5. The summed E-state index contributed by atoms with van der Waals surface area (Å²) in [6, 6.07) is 17.9. The van der Waals surface area contributed by atoms with Gasteiger partial charge in [-0.05, 0) is 44.8 Å². The smallest absolute Gasteiger partial charge is 0.233 e. The number of aliphatic imine (C=N–C) groups is 1. The van der Waals surface area contributed by atoms with E-state index in [0.29, 0.717) is 13.0 Å². The monoisotopic (exact) mass is 321 g/mol. The van der Waals surface area contributed by atoms with Crippen molar-refractivity contribution in [2.45, 2.75) is 12.8 Å². The molecular weight excluding hydrogens is 298 g/mol. The average molecular weight is 321 g/mol. The molecule has 0 aromatic heterocycles. The van der Waals surface area contributed by atoms with Gasteiger partial charge in [-0.3, -0.25) is 9.79 Å². The van der Waals surface area contributed by atoms with Gasteiger partial charge in [0.15, 0.2) is 0 Å². The first-order valence-corrected chi connectivity index (χ1v) is 8.32. The number of carbonyl (C=O) groups excluding carboxylic acids is 1. The third-order valence-corrected chi connectivity index (χ3v) is 4.14. The Hall–Kier alpha value is -2.46. The molecule has 0 bridgehead atoms. The number of hydrogen-bond acceptors (Lipinski definition) is 3. The molecule has 0 radical (unpaired) electrons. The number of fused-ring (bicyclic) bond motifs is 1. The van der Waals surface area contributed by atoms with E-state index in [1.165, 1.54) is 0 Å². The van der Waals surface area contributed by atoms with Crippen LogP contribution in [0.4, 0.5) is 11.4 Å². The van der Waals surface area contributed by atoms with Crippen molar-refractivity contribution in [3.8, 4) is 0 Å². The number of para-hydroxylation sites is 2. The van der Waals surface area contributed by atoms with Crippen molar-refractivity contribution in [1.82, 2.24) is 4.90 Å². The van der Waals surface area contributed by atoms with Crippen LogP contribution in [-0.4, -0.2) is 43.7 Å². The Morgan fingerprint density at radius 3 is 2.50 bits per heavy atom. The number of carbonyl (C=O) groups is 1. The Bertz CT molecular complexity index is 738. The summed E-state index contributed by atoms with van der Waals surface area (Å²) < 4.78 is 0. The Labute approximate surface area is 143 Å². The van der Waals surface area contributed by atoms with Gasteiger partial charge in [-0.25, -0.2) is 0 Å². The molecule has 0 N–H and O–H groups in total. The molecule has 4 heteroatoms. The van der Waals surface area contributed by atoms with Gasteiger partial charge in [0.1, 0.15) is 0 Å². The minimum Gasteiger partial charge on any atom is -0.310 e. The lowest BCUT2D eigenvalue weighted by atomic mass is 10.1. The van der Waals surface area contributed by atoms with Gasteiger partial charge in [0.25, 0.3) is 0 Å². The first-order valence-electron chi connectivity index (χ1n) is 8.32. The van der Waals surface area contributed by atoms with E-state index in [2.05, 4.69) is 19.0 Å². The first-order chi connectivity index (χ1) is 11.6. The third-order valence-electron chi connectivity index (χ3n) is 4.14. The molecule has 3 rings (SSSR count). The van der Waals surface area contributed by atoms with Gasteiger partial charge in [0.05, 0.1) is 23.5 Å². The number of benzene rings is 2. The summed E-state index contributed by atoms with van der Waals surface area (Å²) in [6.45, 7) is 1.67. The van der Waals surface area contributed by atoms with Crippen molar-refractivity contribution < 1.29 is 4.79 Å². The van der Waals surface area contributed by atoms with Crippen LogP contribution in [0.15, 0.2) is 59.6 Å². The molecule has 0 saturated carbocycles.